The average molecular weight is 528 g/mol. The molecule has 3 aromatic carbocycles. The summed E-state index contributed by atoms with van der Waals surface area (Å²) in [5, 5.41) is 3.46. The Kier molecular flexibility index (Phi) is 8.62. The number of nitrogens with one attached hydrogen (secondary N) is 2. The normalized spacial score (nSPS) is 12.2. The van der Waals surface area contributed by atoms with Crippen LogP contribution in [-0.2, 0) is 21.2 Å². The van der Waals surface area contributed by atoms with E-state index in [1.165, 1.54) is 24.3 Å². The first-order chi connectivity index (χ1) is 15.7. The van der Waals surface area contributed by atoms with Gasteiger partial charge in [-0.3, -0.25) is 4.79 Å². The lowest BCUT2D eigenvalue weighted by atomic mass is 10.1. The minimum absolute atomic E-state index is 0.0914. The van der Waals surface area contributed by atoms with Crippen LogP contribution in [0.5, 0.6) is 5.75 Å². The van der Waals surface area contributed by atoms with E-state index in [9.17, 15) is 13.2 Å². The van der Waals surface area contributed by atoms with Crippen molar-refractivity contribution in [1.29, 1.82) is 0 Å². The summed E-state index contributed by atoms with van der Waals surface area (Å²) in [7, 11) is -4.09. The van der Waals surface area contributed by atoms with Crippen LogP contribution in [0, 0.1) is 0 Å². The standard InChI is InChI=1S/C23H21Cl3N2O4S/c1-2-32-22-11-9-17(14-19(22)26)33(30,31)28-21(12-15-6-4-3-5-7-15)23(29)27-20-10-8-16(24)13-18(20)25/h3-11,13-14,21,28H,2,12H2,1H3,(H,27,29). The summed E-state index contributed by atoms with van der Waals surface area (Å²) in [5.74, 6) is -0.210. The highest BCUT2D eigenvalue weighted by atomic mass is 35.5. The third-order valence-corrected chi connectivity index (χ3v) is 6.91. The summed E-state index contributed by atoms with van der Waals surface area (Å²) < 4.78 is 34.0. The highest BCUT2D eigenvalue weighted by Gasteiger charge is 2.27. The van der Waals surface area contributed by atoms with Crippen LogP contribution in [-0.4, -0.2) is 27.0 Å². The van der Waals surface area contributed by atoms with E-state index in [1.807, 2.05) is 6.07 Å². The quantitative estimate of drug-likeness (QED) is 0.381. The van der Waals surface area contributed by atoms with Crippen LogP contribution >= 0.6 is 34.8 Å². The summed E-state index contributed by atoms with van der Waals surface area (Å²) in [4.78, 5) is 13.0. The van der Waals surface area contributed by atoms with E-state index in [0.29, 0.717) is 23.1 Å². The zero-order valence-corrected chi connectivity index (χ0v) is 20.6. The van der Waals surface area contributed by atoms with Crippen LogP contribution in [0.1, 0.15) is 12.5 Å². The van der Waals surface area contributed by atoms with Crippen molar-refractivity contribution in [3.8, 4) is 5.75 Å². The summed E-state index contributed by atoms with van der Waals surface area (Å²) in [5.41, 5.74) is 1.08. The molecule has 0 aliphatic carbocycles. The molecule has 0 radical (unpaired) electrons. The maximum Gasteiger partial charge on any atom is 0.242 e. The Labute approximate surface area is 207 Å². The minimum atomic E-state index is -4.09. The van der Waals surface area contributed by atoms with Crippen molar-refractivity contribution in [3.63, 3.8) is 0 Å². The van der Waals surface area contributed by atoms with Gasteiger partial charge in [-0.2, -0.15) is 4.72 Å². The van der Waals surface area contributed by atoms with Crippen molar-refractivity contribution >= 4 is 56.4 Å². The summed E-state index contributed by atoms with van der Waals surface area (Å²) in [6, 6.07) is 16.6. The molecule has 0 bridgehead atoms. The number of hydrogen-bond donors (Lipinski definition) is 2. The van der Waals surface area contributed by atoms with Crippen molar-refractivity contribution in [3.05, 3.63) is 87.4 Å². The molecule has 1 amide bonds. The topological polar surface area (TPSA) is 84.5 Å². The van der Waals surface area contributed by atoms with E-state index < -0.39 is 22.0 Å². The first-order valence-corrected chi connectivity index (χ1v) is 12.6. The molecule has 2 N–H and O–H groups in total. The molecule has 0 aliphatic rings. The minimum Gasteiger partial charge on any atom is -0.492 e. The fourth-order valence-electron chi connectivity index (χ4n) is 3.02. The van der Waals surface area contributed by atoms with E-state index in [4.69, 9.17) is 39.5 Å². The van der Waals surface area contributed by atoms with Gasteiger partial charge in [0.05, 0.1) is 27.2 Å². The number of amides is 1. The van der Waals surface area contributed by atoms with Gasteiger partial charge in [-0.05, 0) is 55.3 Å². The lowest BCUT2D eigenvalue weighted by Gasteiger charge is -2.19. The molecule has 6 nitrogen and oxygen atoms in total. The molecule has 1 unspecified atom stereocenters. The molecule has 0 aliphatic heterocycles. The highest BCUT2D eigenvalue weighted by molar-refractivity contribution is 7.89. The zero-order valence-electron chi connectivity index (χ0n) is 17.5. The first-order valence-electron chi connectivity index (χ1n) is 9.94. The highest BCUT2D eigenvalue weighted by Crippen LogP contribution is 2.28. The second kappa shape index (κ2) is 11.2. The Balaban J connectivity index is 1.88. The lowest BCUT2D eigenvalue weighted by Crippen LogP contribution is -2.45. The lowest BCUT2D eigenvalue weighted by molar-refractivity contribution is -0.117. The van der Waals surface area contributed by atoms with Crippen molar-refractivity contribution < 1.29 is 17.9 Å². The Morgan fingerprint density at radius 1 is 0.970 bits per heavy atom. The number of halogens is 3. The van der Waals surface area contributed by atoms with E-state index in [1.54, 1.807) is 43.3 Å². The molecule has 10 heteroatoms. The fraction of sp³-hybridized carbons (Fsp3) is 0.174. The molecule has 174 valence electrons. The SMILES string of the molecule is CCOc1ccc(S(=O)(=O)NC(Cc2ccccc2)C(=O)Nc2ccc(Cl)cc2Cl)cc1Cl. The third-order valence-electron chi connectivity index (χ3n) is 4.60. The largest absolute Gasteiger partial charge is 0.492 e. The van der Waals surface area contributed by atoms with Gasteiger partial charge < -0.3 is 10.1 Å². The average Bonchev–Trinajstić information content (AvgIpc) is 2.77. The van der Waals surface area contributed by atoms with Gasteiger partial charge in [0.1, 0.15) is 11.8 Å². The summed E-state index contributed by atoms with van der Waals surface area (Å²) >= 11 is 18.2. The summed E-state index contributed by atoms with van der Waals surface area (Å²) in [6.07, 6.45) is 0.113. The molecule has 0 aromatic heterocycles. The van der Waals surface area contributed by atoms with Crippen molar-refractivity contribution in [2.45, 2.75) is 24.3 Å². The molecule has 0 saturated heterocycles. The third kappa shape index (κ3) is 6.85. The second-order valence-corrected chi connectivity index (χ2v) is 9.97. The number of ether oxygens (including phenoxy) is 1. The van der Waals surface area contributed by atoms with Gasteiger partial charge in [0.25, 0.3) is 0 Å². The number of hydrogen-bond acceptors (Lipinski definition) is 4. The first kappa shape index (κ1) is 25.3. The molecule has 33 heavy (non-hydrogen) atoms. The van der Waals surface area contributed by atoms with Gasteiger partial charge in [-0.25, -0.2) is 8.42 Å². The molecule has 0 fully saturated rings. The number of anilines is 1. The molecule has 0 heterocycles. The van der Waals surface area contributed by atoms with Gasteiger partial charge in [-0.15, -0.1) is 0 Å². The maximum atomic E-state index is 13.1. The van der Waals surface area contributed by atoms with Gasteiger partial charge in [0.2, 0.25) is 15.9 Å². The van der Waals surface area contributed by atoms with E-state index in [-0.39, 0.29) is 21.4 Å². The molecular formula is C23H21Cl3N2O4S. The van der Waals surface area contributed by atoms with Crippen LogP contribution < -0.4 is 14.8 Å². The molecular weight excluding hydrogens is 507 g/mol. The number of carbonyl (C=O) groups is 1. The van der Waals surface area contributed by atoms with Gasteiger partial charge in [0, 0.05) is 5.02 Å². The monoisotopic (exact) mass is 526 g/mol. The van der Waals surface area contributed by atoms with Crippen LogP contribution in [0.2, 0.25) is 15.1 Å². The molecule has 3 aromatic rings. The molecule has 0 saturated carbocycles. The van der Waals surface area contributed by atoms with Crippen molar-refractivity contribution in [2.75, 3.05) is 11.9 Å². The van der Waals surface area contributed by atoms with E-state index in [2.05, 4.69) is 10.0 Å². The Morgan fingerprint density at radius 2 is 1.70 bits per heavy atom. The predicted molar refractivity (Wildman–Crippen MR) is 132 cm³/mol. The zero-order chi connectivity index (χ0) is 24.0. The molecule has 0 spiro atoms. The van der Waals surface area contributed by atoms with Gasteiger partial charge >= 0.3 is 0 Å². The predicted octanol–water partition coefficient (Wildman–Crippen LogP) is 5.57. The molecule has 1 atom stereocenters. The smallest absolute Gasteiger partial charge is 0.242 e. The number of carbonyl (C=O) groups excluding carboxylic acids is 1. The Morgan fingerprint density at radius 3 is 2.33 bits per heavy atom. The fourth-order valence-corrected chi connectivity index (χ4v) is 5.00. The second-order valence-electron chi connectivity index (χ2n) is 7.00. The van der Waals surface area contributed by atoms with Gasteiger partial charge in [-0.1, -0.05) is 65.1 Å². The summed E-state index contributed by atoms with van der Waals surface area (Å²) in [6.45, 7) is 2.18. The molecule has 3 rings (SSSR count). The van der Waals surface area contributed by atoms with Crippen molar-refractivity contribution in [2.24, 2.45) is 0 Å². The van der Waals surface area contributed by atoms with Crippen molar-refractivity contribution in [1.82, 2.24) is 4.72 Å². The Hall–Kier alpha value is -2.29. The van der Waals surface area contributed by atoms with Crippen LogP contribution in [0.25, 0.3) is 0 Å². The number of rotatable bonds is 9. The number of sulfonamides is 1. The van der Waals surface area contributed by atoms with E-state index >= 15 is 0 Å². The van der Waals surface area contributed by atoms with E-state index in [0.717, 1.165) is 5.56 Å². The van der Waals surface area contributed by atoms with Crippen LogP contribution in [0.3, 0.4) is 0 Å². The van der Waals surface area contributed by atoms with Gasteiger partial charge in [0.15, 0.2) is 0 Å². The van der Waals surface area contributed by atoms with Crippen LogP contribution in [0.15, 0.2) is 71.6 Å². The number of benzene rings is 3. The maximum absolute atomic E-state index is 13.1. The van der Waals surface area contributed by atoms with Crippen LogP contribution in [0.4, 0.5) is 5.69 Å². The Bertz CT molecular complexity index is 1240.